The zero-order valence-corrected chi connectivity index (χ0v) is 22.7. The normalized spacial score (nSPS) is 14.9. The van der Waals surface area contributed by atoms with Gasteiger partial charge in [0.15, 0.2) is 0 Å². The van der Waals surface area contributed by atoms with Gasteiger partial charge in [0.1, 0.15) is 11.5 Å². The molecule has 6 rings (SSSR count). The summed E-state index contributed by atoms with van der Waals surface area (Å²) in [5.74, 6) is 2.00. The summed E-state index contributed by atoms with van der Waals surface area (Å²) in [7, 11) is 3.34. The van der Waals surface area contributed by atoms with E-state index >= 15 is 0 Å². The van der Waals surface area contributed by atoms with E-state index in [0.29, 0.717) is 17.4 Å². The maximum Gasteiger partial charge on any atom is 0.247 e. The molecule has 1 unspecified atom stereocenters. The summed E-state index contributed by atoms with van der Waals surface area (Å²) in [5.41, 5.74) is 6.72. The fourth-order valence-electron chi connectivity index (χ4n) is 4.96. The van der Waals surface area contributed by atoms with Crippen LogP contribution in [-0.2, 0) is 0 Å². The molecule has 39 heavy (non-hydrogen) atoms. The molecule has 194 valence electrons. The minimum absolute atomic E-state index is 0.209. The Bertz CT molecular complexity index is 1690. The van der Waals surface area contributed by atoms with Crippen LogP contribution in [0.15, 0.2) is 96.1 Å². The van der Waals surface area contributed by atoms with E-state index in [0.717, 1.165) is 50.5 Å². The van der Waals surface area contributed by atoms with Gasteiger partial charge in [0.2, 0.25) is 5.95 Å². The number of ether oxygens (including phenoxy) is 2. The van der Waals surface area contributed by atoms with Crippen LogP contribution in [0.1, 0.15) is 29.2 Å². The van der Waals surface area contributed by atoms with Crippen molar-refractivity contribution in [2.45, 2.75) is 19.4 Å². The van der Waals surface area contributed by atoms with Gasteiger partial charge in [-0.3, -0.25) is 0 Å². The number of aryl methyl sites for hydroxylation is 1. The van der Waals surface area contributed by atoms with Crippen LogP contribution < -0.4 is 14.5 Å². The van der Waals surface area contributed by atoms with Gasteiger partial charge >= 0.3 is 0 Å². The number of nitrogens with zero attached hydrogens (tertiary/aromatic N) is 4. The molecule has 7 heteroatoms. The minimum atomic E-state index is -0.209. The van der Waals surface area contributed by atoms with Crippen LogP contribution in [0.3, 0.4) is 0 Å². The van der Waals surface area contributed by atoms with Crippen molar-refractivity contribution in [1.82, 2.24) is 9.97 Å². The van der Waals surface area contributed by atoms with E-state index in [1.165, 1.54) is 5.56 Å². The van der Waals surface area contributed by atoms with E-state index in [9.17, 15) is 0 Å². The number of hydrazone groups is 1. The second-order valence-corrected chi connectivity index (χ2v) is 9.92. The maximum absolute atomic E-state index is 6.39. The molecule has 1 aliphatic rings. The van der Waals surface area contributed by atoms with Gasteiger partial charge in [0.05, 0.1) is 37.2 Å². The smallest absolute Gasteiger partial charge is 0.247 e. The van der Waals surface area contributed by atoms with Crippen molar-refractivity contribution in [3.8, 4) is 22.8 Å². The quantitative estimate of drug-likeness (QED) is 0.224. The summed E-state index contributed by atoms with van der Waals surface area (Å²) in [6, 6.07) is 29.8. The number of aromatic nitrogens is 2. The van der Waals surface area contributed by atoms with Gasteiger partial charge in [-0.05, 0) is 48.9 Å². The van der Waals surface area contributed by atoms with Crippen molar-refractivity contribution in [1.29, 1.82) is 0 Å². The number of rotatable bonds is 6. The van der Waals surface area contributed by atoms with Gasteiger partial charge < -0.3 is 9.47 Å². The fourth-order valence-corrected chi connectivity index (χ4v) is 5.14. The minimum Gasteiger partial charge on any atom is -0.497 e. The summed E-state index contributed by atoms with van der Waals surface area (Å²) >= 11 is 6.39. The monoisotopic (exact) mass is 534 g/mol. The molecule has 0 radical (unpaired) electrons. The molecule has 4 aromatic carbocycles. The van der Waals surface area contributed by atoms with Crippen molar-refractivity contribution in [3.05, 3.63) is 113 Å². The summed E-state index contributed by atoms with van der Waals surface area (Å²) in [4.78, 5) is 10.1. The summed E-state index contributed by atoms with van der Waals surface area (Å²) in [5, 5.41) is 8.54. The molecule has 5 aromatic rings. The van der Waals surface area contributed by atoms with Crippen LogP contribution in [0.5, 0.6) is 11.5 Å². The highest BCUT2D eigenvalue weighted by atomic mass is 35.5. The number of fused-ring (bicyclic) bond motifs is 1. The Morgan fingerprint density at radius 3 is 2.36 bits per heavy atom. The van der Waals surface area contributed by atoms with Crippen LogP contribution >= 0.6 is 11.6 Å². The van der Waals surface area contributed by atoms with Gasteiger partial charge in [-0.25, -0.2) is 15.0 Å². The lowest BCUT2D eigenvalue weighted by molar-refractivity contribution is 0.395. The van der Waals surface area contributed by atoms with Crippen LogP contribution in [-0.4, -0.2) is 29.9 Å². The van der Waals surface area contributed by atoms with Crippen molar-refractivity contribution < 1.29 is 9.47 Å². The number of anilines is 1. The van der Waals surface area contributed by atoms with Gasteiger partial charge in [-0.15, -0.1) is 0 Å². The van der Waals surface area contributed by atoms with Crippen LogP contribution in [0, 0.1) is 6.92 Å². The Kier molecular flexibility index (Phi) is 6.63. The van der Waals surface area contributed by atoms with E-state index < -0.39 is 0 Å². The number of benzene rings is 4. The van der Waals surface area contributed by atoms with E-state index in [-0.39, 0.29) is 6.04 Å². The molecule has 6 nitrogen and oxygen atoms in total. The molecule has 0 aliphatic carbocycles. The molecular formula is C32H27ClN4O2. The first-order valence-corrected chi connectivity index (χ1v) is 13.1. The second-order valence-electron chi connectivity index (χ2n) is 9.48. The average molecular weight is 535 g/mol. The molecule has 2 heterocycles. The van der Waals surface area contributed by atoms with Gasteiger partial charge in [0, 0.05) is 28.0 Å². The second kappa shape index (κ2) is 10.4. The third-order valence-corrected chi connectivity index (χ3v) is 7.22. The molecule has 0 saturated carbocycles. The van der Waals surface area contributed by atoms with Crippen molar-refractivity contribution in [2.24, 2.45) is 5.10 Å². The molecule has 0 amide bonds. The number of halogens is 1. The number of hydrogen-bond acceptors (Lipinski definition) is 6. The highest BCUT2D eigenvalue weighted by Crippen LogP contribution is 2.42. The van der Waals surface area contributed by atoms with Crippen molar-refractivity contribution in [2.75, 3.05) is 19.2 Å². The third-order valence-electron chi connectivity index (χ3n) is 6.99. The lowest BCUT2D eigenvalue weighted by Crippen LogP contribution is -2.22. The van der Waals surface area contributed by atoms with Gasteiger partial charge in [-0.1, -0.05) is 71.8 Å². The Labute approximate surface area is 232 Å². The molecule has 1 aromatic heterocycles. The third kappa shape index (κ3) is 4.79. The van der Waals surface area contributed by atoms with E-state index in [1.54, 1.807) is 14.2 Å². The van der Waals surface area contributed by atoms with Crippen molar-refractivity contribution >= 4 is 34.2 Å². The highest BCUT2D eigenvalue weighted by Gasteiger charge is 2.34. The first kappa shape index (κ1) is 24.9. The predicted octanol–water partition coefficient (Wildman–Crippen LogP) is 7.63. The number of methoxy groups -OCH3 is 2. The predicted molar refractivity (Wildman–Crippen MR) is 157 cm³/mol. The Morgan fingerprint density at radius 1 is 0.821 bits per heavy atom. The SMILES string of the molecule is COc1ccc(OC)c(C2CC(c3ccc(C)cc3)=NN2c2nc(-c3ccccc3)c3cc(Cl)ccc3n2)c1. The molecule has 1 atom stereocenters. The molecule has 1 aliphatic heterocycles. The number of hydrogen-bond donors (Lipinski definition) is 0. The van der Waals surface area contributed by atoms with Crippen LogP contribution in [0.2, 0.25) is 5.02 Å². The lowest BCUT2D eigenvalue weighted by Gasteiger charge is -2.25. The summed E-state index contributed by atoms with van der Waals surface area (Å²) in [6.07, 6.45) is 0.648. The standard InChI is InChI=1S/C32H27ClN4O2/c1-20-9-11-21(12-10-20)28-19-29(26-18-24(38-2)14-16-30(26)39-3)37(36-28)32-34-27-15-13-23(33)17-25(27)31(35-32)22-7-5-4-6-8-22/h4-18,29H,19H2,1-3H3. The largest absolute Gasteiger partial charge is 0.497 e. The zero-order valence-electron chi connectivity index (χ0n) is 21.9. The molecule has 0 N–H and O–H groups in total. The molecule has 0 saturated heterocycles. The lowest BCUT2D eigenvalue weighted by atomic mass is 9.97. The molecule has 0 bridgehead atoms. The molecule has 0 spiro atoms. The summed E-state index contributed by atoms with van der Waals surface area (Å²) < 4.78 is 11.4. The van der Waals surface area contributed by atoms with E-state index in [2.05, 4.69) is 31.2 Å². The maximum atomic E-state index is 6.39. The Hall–Kier alpha value is -4.42. The zero-order chi connectivity index (χ0) is 26.9. The first-order chi connectivity index (χ1) is 19.0. The average Bonchev–Trinajstić information content (AvgIpc) is 3.42. The fraction of sp³-hybridized carbons (Fsp3) is 0.156. The Morgan fingerprint density at radius 2 is 1.62 bits per heavy atom. The van der Waals surface area contributed by atoms with E-state index in [4.69, 9.17) is 36.1 Å². The Balaban J connectivity index is 1.56. The van der Waals surface area contributed by atoms with Crippen molar-refractivity contribution in [3.63, 3.8) is 0 Å². The molecular weight excluding hydrogens is 508 g/mol. The van der Waals surface area contributed by atoms with E-state index in [1.807, 2.05) is 71.7 Å². The topological polar surface area (TPSA) is 59.8 Å². The summed E-state index contributed by atoms with van der Waals surface area (Å²) in [6.45, 7) is 2.08. The van der Waals surface area contributed by atoms with Gasteiger partial charge in [-0.2, -0.15) is 5.10 Å². The van der Waals surface area contributed by atoms with Crippen LogP contribution in [0.25, 0.3) is 22.2 Å². The molecule has 0 fully saturated rings. The first-order valence-electron chi connectivity index (χ1n) is 12.7. The highest BCUT2D eigenvalue weighted by molar-refractivity contribution is 6.31. The van der Waals surface area contributed by atoms with Crippen LogP contribution in [0.4, 0.5) is 5.95 Å². The van der Waals surface area contributed by atoms with Gasteiger partial charge in [0.25, 0.3) is 0 Å².